The first kappa shape index (κ1) is 26.0. The van der Waals surface area contributed by atoms with Crippen LogP contribution in [-0.4, -0.2) is 90.6 Å². The van der Waals surface area contributed by atoms with E-state index < -0.39 is 0 Å². The lowest BCUT2D eigenvalue weighted by molar-refractivity contribution is -0.0657. The zero-order valence-electron chi connectivity index (χ0n) is 23.8. The van der Waals surface area contributed by atoms with Crippen LogP contribution < -0.4 is 20.0 Å². The number of pyridine rings is 1. The quantitative estimate of drug-likeness (QED) is 0.494. The van der Waals surface area contributed by atoms with Gasteiger partial charge in [-0.2, -0.15) is 4.98 Å². The number of cyclic esters (lactones) is 1. The van der Waals surface area contributed by atoms with E-state index in [0.29, 0.717) is 31.5 Å². The molecule has 214 valence electrons. The van der Waals surface area contributed by atoms with Crippen molar-refractivity contribution in [3.63, 3.8) is 0 Å². The minimum absolute atomic E-state index is 0.106. The Balaban J connectivity index is 1.19. The molecule has 11 nitrogen and oxygen atoms in total. The third-order valence-electron chi connectivity index (χ3n) is 8.57. The summed E-state index contributed by atoms with van der Waals surface area (Å²) in [4.78, 5) is 35.5. The molecule has 0 radical (unpaired) electrons. The lowest BCUT2D eigenvalue weighted by Gasteiger charge is -2.40. The van der Waals surface area contributed by atoms with Crippen LogP contribution in [0.25, 0.3) is 0 Å². The highest BCUT2D eigenvalue weighted by Gasteiger charge is 2.48. The second-order valence-electron chi connectivity index (χ2n) is 11.9. The maximum Gasteiger partial charge on any atom is 0.415 e. The summed E-state index contributed by atoms with van der Waals surface area (Å²) in [5.74, 6) is 2.79. The molecule has 1 N–H and O–H groups in total. The zero-order valence-corrected chi connectivity index (χ0v) is 23.8. The van der Waals surface area contributed by atoms with Gasteiger partial charge in [0, 0.05) is 61.3 Å². The first-order chi connectivity index (χ1) is 19.8. The summed E-state index contributed by atoms with van der Waals surface area (Å²) >= 11 is 0. The molecule has 0 spiro atoms. The molecular weight excluding hydrogens is 520 g/mol. The van der Waals surface area contributed by atoms with E-state index in [1.54, 1.807) is 4.90 Å². The molecule has 1 aromatic carbocycles. The van der Waals surface area contributed by atoms with Crippen molar-refractivity contribution in [2.75, 3.05) is 73.0 Å². The largest absolute Gasteiger partial charge is 0.447 e. The van der Waals surface area contributed by atoms with E-state index in [1.807, 2.05) is 24.4 Å². The molecule has 3 aromatic rings. The van der Waals surface area contributed by atoms with Crippen LogP contribution in [0, 0.1) is 0 Å². The Morgan fingerprint density at radius 2 is 1.76 bits per heavy atom. The van der Waals surface area contributed by atoms with Gasteiger partial charge in [-0.1, -0.05) is 6.07 Å². The number of likely N-dealkylation sites (N-methyl/N-ethyl adjacent to an activating group) is 1. The first-order valence-electron chi connectivity index (χ1n) is 14.4. The Bertz CT molecular complexity index is 1440. The molecule has 3 saturated heterocycles. The molecule has 11 heteroatoms. The number of fused-ring (bicyclic) bond motifs is 3. The molecule has 0 saturated carbocycles. The van der Waals surface area contributed by atoms with E-state index in [0.717, 1.165) is 55.5 Å². The third-order valence-corrected chi connectivity index (χ3v) is 8.57. The summed E-state index contributed by atoms with van der Waals surface area (Å²) in [6.45, 7) is 9.90. The molecular formula is C30H36N8O3. The standard InChI is InChI=1S/C30H36N8O3/c1-30(2)17-24-23(19-41-30)22-18-31-28(32-20-7-9-21(10-8-20)36-13-11-35(3)12-14-36)34-27(22)38(24)26-6-4-5-25(33-26)37-15-16-40-29(37)39/h4-10,18,23-24H,11-17,19H2,1-3H3,(H,31,32,34)/t23?,24-/m1/s1. The number of benzene rings is 1. The van der Waals surface area contributed by atoms with Crippen molar-refractivity contribution in [2.45, 2.75) is 37.8 Å². The van der Waals surface area contributed by atoms with E-state index in [-0.39, 0.29) is 23.7 Å². The molecule has 6 heterocycles. The monoisotopic (exact) mass is 556 g/mol. The van der Waals surface area contributed by atoms with E-state index in [2.05, 4.69) is 65.2 Å². The van der Waals surface area contributed by atoms with Gasteiger partial charge in [-0.25, -0.2) is 14.8 Å². The van der Waals surface area contributed by atoms with Crippen molar-refractivity contribution >= 4 is 40.9 Å². The SMILES string of the molecule is CN1CCN(c2ccc(Nc3ncc4c(n3)N(c3cccc(N5CCOC5=O)n3)[C@@H]3CC(C)(C)OCC43)cc2)CC1. The zero-order chi connectivity index (χ0) is 28.1. The third kappa shape index (κ3) is 4.93. The van der Waals surface area contributed by atoms with Crippen LogP contribution in [0.2, 0.25) is 0 Å². The van der Waals surface area contributed by atoms with Crippen LogP contribution in [0.1, 0.15) is 31.7 Å². The number of hydrogen-bond acceptors (Lipinski definition) is 10. The fourth-order valence-electron chi connectivity index (χ4n) is 6.28. The van der Waals surface area contributed by atoms with Crippen LogP contribution in [-0.2, 0) is 9.47 Å². The molecule has 4 aliphatic heterocycles. The van der Waals surface area contributed by atoms with Gasteiger partial charge in [0.2, 0.25) is 5.95 Å². The number of anilines is 6. The molecule has 41 heavy (non-hydrogen) atoms. The normalized spacial score (nSPS) is 23.8. The summed E-state index contributed by atoms with van der Waals surface area (Å²) < 4.78 is 11.4. The molecule has 4 aliphatic rings. The molecule has 7 rings (SSSR count). The van der Waals surface area contributed by atoms with Crippen molar-refractivity contribution in [3.8, 4) is 0 Å². The molecule has 1 unspecified atom stereocenters. The molecule has 2 atom stereocenters. The minimum atomic E-state index is -0.367. The maximum atomic E-state index is 12.3. The van der Waals surface area contributed by atoms with Crippen LogP contribution in [0.5, 0.6) is 0 Å². The first-order valence-corrected chi connectivity index (χ1v) is 14.4. The summed E-state index contributed by atoms with van der Waals surface area (Å²) in [5, 5.41) is 3.41. The predicted molar refractivity (Wildman–Crippen MR) is 158 cm³/mol. The molecule has 0 bridgehead atoms. The lowest BCUT2D eigenvalue weighted by atomic mass is 9.85. The van der Waals surface area contributed by atoms with Crippen molar-refractivity contribution in [3.05, 3.63) is 54.2 Å². The predicted octanol–water partition coefficient (Wildman–Crippen LogP) is 4.13. The van der Waals surface area contributed by atoms with Gasteiger partial charge >= 0.3 is 6.09 Å². The van der Waals surface area contributed by atoms with Gasteiger partial charge in [0.15, 0.2) is 0 Å². The smallest absolute Gasteiger partial charge is 0.415 e. The highest BCUT2D eigenvalue weighted by Crippen LogP contribution is 2.49. The second kappa shape index (κ2) is 10.1. The fraction of sp³-hybridized carbons (Fsp3) is 0.467. The van der Waals surface area contributed by atoms with Gasteiger partial charge in [0.05, 0.1) is 18.8 Å². The topological polar surface area (TPSA) is 99.2 Å². The van der Waals surface area contributed by atoms with E-state index in [1.165, 1.54) is 5.69 Å². The highest BCUT2D eigenvalue weighted by atomic mass is 16.6. The average molecular weight is 557 g/mol. The molecule has 2 aromatic heterocycles. The van der Waals surface area contributed by atoms with Crippen molar-refractivity contribution in [1.82, 2.24) is 19.9 Å². The van der Waals surface area contributed by atoms with Crippen molar-refractivity contribution in [1.29, 1.82) is 0 Å². The summed E-state index contributed by atoms with van der Waals surface area (Å²) in [6.07, 6.45) is 2.36. The number of piperazine rings is 1. The number of hydrogen-bond donors (Lipinski definition) is 1. The van der Waals surface area contributed by atoms with E-state index in [9.17, 15) is 4.79 Å². The number of rotatable bonds is 5. The Morgan fingerprint density at radius 3 is 2.51 bits per heavy atom. The number of nitrogens with zero attached hydrogens (tertiary/aromatic N) is 7. The van der Waals surface area contributed by atoms with Crippen LogP contribution in [0.15, 0.2) is 48.7 Å². The number of nitrogens with one attached hydrogen (secondary N) is 1. The number of aromatic nitrogens is 3. The van der Waals surface area contributed by atoms with Crippen molar-refractivity contribution < 1.29 is 14.3 Å². The van der Waals surface area contributed by atoms with Crippen LogP contribution in [0.3, 0.4) is 0 Å². The Morgan fingerprint density at radius 1 is 0.976 bits per heavy atom. The summed E-state index contributed by atoms with van der Waals surface area (Å²) in [6, 6.07) is 14.3. The number of carbonyl (C=O) groups excluding carboxylic acids is 1. The number of carbonyl (C=O) groups is 1. The second-order valence-corrected chi connectivity index (χ2v) is 11.9. The van der Waals surface area contributed by atoms with Gasteiger partial charge < -0.3 is 29.5 Å². The highest BCUT2D eigenvalue weighted by molar-refractivity contribution is 5.88. The van der Waals surface area contributed by atoms with Crippen molar-refractivity contribution in [2.24, 2.45) is 0 Å². The maximum absolute atomic E-state index is 12.3. The van der Waals surface area contributed by atoms with Gasteiger partial charge in [-0.15, -0.1) is 0 Å². The van der Waals surface area contributed by atoms with Gasteiger partial charge in [-0.3, -0.25) is 4.90 Å². The van der Waals surface area contributed by atoms with Gasteiger partial charge in [0.25, 0.3) is 0 Å². The van der Waals surface area contributed by atoms with Gasteiger partial charge in [-0.05, 0) is 63.7 Å². The van der Waals surface area contributed by atoms with Crippen LogP contribution in [0.4, 0.5) is 39.6 Å². The van der Waals surface area contributed by atoms with E-state index >= 15 is 0 Å². The summed E-state index contributed by atoms with van der Waals surface area (Å²) in [7, 11) is 2.17. The molecule has 3 fully saturated rings. The lowest BCUT2D eigenvalue weighted by Crippen LogP contribution is -2.45. The Hall–Kier alpha value is -3.96. The van der Waals surface area contributed by atoms with E-state index in [4.69, 9.17) is 24.4 Å². The fourth-order valence-corrected chi connectivity index (χ4v) is 6.28. The Kier molecular flexibility index (Phi) is 6.43. The van der Waals surface area contributed by atoms with Gasteiger partial charge in [0.1, 0.15) is 24.1 Å². The number of amides is 1. The Labute approximate surface area is 240 Å². The molecule has 1 amide bonds. The van der Waals surface area contributed by atoms with Crippen LogP contribution >= 0.6 is 0 Å². The summed E-state index contributed by atoms with van der Waals surface area (Å²) in [5.41, 5.74) is 2.93. The molecule has 0 aliphatic carbocycles. The number of ether oxygens (including phenoxy) is 2. The minimum Gasteiger partial charge on any atom is -0.447 e. The average Bonchev–Trinajstić information content (AvgIpc) is 3.53.